The highest BCUT2D eigenvalue weighted by molar-refractivity contribution is 7.93. The van der Waals surface area contributed by atoms with Gasteiger partial charge in [-0.25, -0.2) is 33.7 Å². The van der Waals surface area contributed by atoms with Crippen LogP contribution in [0.1, 0.15) is 171 Å². The third-order valence-electron chi connectivity index (χ3n) is 16.2. The number of sulfonamides is 4. The third kappa shape index (κ3) is 15.8. The van der Waals surface area contributed by atoms with E-state index in [1.54, 1.807) is 48.5 Å². The highest BCUT2D eigenvalue weighted by Crippen LogP contribution is 2.44. The van der Waals surface area contributed by atoms with E-state index < -0.39 is 96.7 Å². The number of fused-ring (bicyclic) bond motifs is 2. The summed E-state index contributed by atoms with van der Waals surface area (Å²) >= 11 is 0. The number of nitrogens with one attached hydrogen (secondary N) is 4. The number of rotatable bonds is 12. The molecule has 1 aliphatic rings. The fourth-order valence-corrected chi connectivity index (χ4v) is 14.2. The molecule has 0 saturated carbocycles. The van der Waals surface area contributed by atoms with Crippen LogP contribution in [-0.4, -0.2) is 45.2 Å². The lowest BCUT2D eigenvalue weighted by atomic mass is 9.81. The minimum atomic E-state index is -4.55. The van der Waals surface area contributed by atoms with E-state index in [9.17, 15) is 33.7 Å². The molecule has 0 aliphatic heterocycles. The fourth-order valence-electron chi connectivity index (χ4n) is 9.89. The van der Waals surface area contributed by atoms with Crippen LogP contribution in [0, 0.1) is 41.5 Å². The molecule has 1 aliphatic carbocycles. The summed E-state index contributed by atoms with van der Waals surface area (Å²) in [5.74, 6) is -2.29. The first kappa shape index (κ1) is 69.6. The van der Waals surface area contributed by atoms with Gasteiger partial charge in [0.1, 0.15) is 0 Å². The Hall–Kier alpha value is -7.90. The van der Waals surface area contributed by atoms with Gasteiger partial charge in [0.05, 0.1) is 64.6 Å². The highest BCUT2D eigenvalue weighted by Gasteiger charge is 2.41. The summed E-state index contributed by atoms with van der Waals surface area (Å²) in [4.78, 5) is 30.2. The third-order valence-corrected chi connectivity index (χ3v) is 21.7. The fraction of sp³-hybridized carbons (Fsp3) is 0.306. The molecule has 0 bridgehead atoms. The summed E-state index contributed by atoms with van der Waals surface area (Å²) in [5.41, 5.74) is 5.98. The van der Waals surface area contributed by atoms with Gasteiger partial charge in [0.25, 0.3) is 40.1 Å². The van der Waals surface area contributed by atoms with Crippen molar-refractivity contribution in [2.45, 2.75) is 166 Å². The zero-order valence-corrected chi connectivity index (χ0v) is 58.0. The minimum absolute atomic E-state index is 0.208. The summed E-state index contributed by atoms with van der Waals surface area (Å²) in [6.45, 7) is 36.3. The van der Waals surface area contributed by atoms with Crippen molar-refractivity contribution in [3.63, 3.8) is 0 Å². The molecule has 0 unspecified atom stereocenters. The van der Waals surface area contributed by atoms with Crippen LogP contribution in [0.25, 0.3) is 0 Å². The Morgan fingerprint density at radius 3 is 0.567 bits per heavy atom. The minimum Gasteiger partial charge on any atom is -0.288 e. The smallest absolute Gasteiger partial charge is 0.261 e. The van der Waals surface area contributed by atoms with E-state index in [4.69, 9.17) is 0 Å². The topological polar surface area (TPSA) is 219 Å². The van der Waals surface area contributed by atoms with Gasteiger partial charge in [0.15, 0.2) is 11.6 Å². The van der Waals surface area contributed by atoms with E-state index in [1.807, 2.05) is 83.1 Å². The van der Waals surface area contributed by atoms with Gasteiger partial charge in [-0.05, 0) is 192 Å². The van der Waals surface area contributed by atoms with Crippen LogP contribution in [-0.2, 0) is 61.8 Å². The molecule has 4 N–H and O–H groups in total. The maximum atomic E-state index is 15.5. The van der Waals surface area contributed by atoms with Gasteiger partial charge in [0.2, 0.25) is 0 Å². The van der Waals surface area contributed by atoms with Gasteiger partial charge in [-0.15, -0.1) is 0 Å². The molecule has 0 amide bonds. The van der Waals surface area contributed by atoms with Crippen LogP contribution in [0.4, 0.5) is 22.7 Å². The first-order chi connectivity index (χ1) is 41.4. The zero-order chi connectivity index (χ0) is 67.1. The van der Waals surface area contributed by atoms with E-state index in [2.05, 4.69) is 96.8 Å². The number of aryl methyl sites for hydroxylation is 4. The van der Waals surface area contributed by atoms with Crippen molar-refractivity contribution < 1.29 is 43.3 Å². The molecular formula is C72H84N4O10S4. The molecule has 0 fully saturated rings. The Balaban J connectivity index is 0.000000547. The number of carbonyl (C=O) groups excluding carboxylic acids is 2. The van der Waals surface area contributed by atoms with Crippen LogP contribution in [0.15, 0.2) is 177 Å². The zero-order valence-electron chi connectivity index (χ0n) is 54.7. The number of carbonyl (C=O) groups is 2. The average Bonchev–Trinajstić information content (AvgIpc) is 0.723. The van der Waals surface area contributed by atoms with Crippen molar-refractivity contribution in [1.82, 2.24) is 0 Å². The quantitative estimate of drug-likeness (QED) is 0.0907. The second kappa shape index (κ2) is 25.8. The lowest BCUT2D eigenvalue weighted by Crippen LogP contribution is -2.29. The van der Waals surface area contributed by atoms with Crippen molar-refractivity contribution in [2.24, 2.45) is 0 Å². The Kier molecular flexibility index (Phi) is 19.9. The molecule has 90 heavy (non-hydrogen) atoms. The maximum absolute atomic E-state index is 15.5. The van der Waals surface area contributed by atoms with Crippen LogP contribution >= 0.6 is 0 Å². The molecule has 8 aromatic carbocycles. The van der Waals surface area contributed by atoms with Crippen molar-refractivity contribution in [2.75, 3.05) is 18.9 Å². The first-order valence-electron chi connectivity index (χ1n) is 29.5. The standard InChI is InChI=1S/C54H60N4O10S4.2C9H12/c1-51(2,3)33-13-21-37(22-14-33)69(61,62)55-41-29-30-42(56-70(63,64)38-23-15-34(16-24-38)52(4,5)6)46-45(41)49(59)47-43(57-71(65,66)39-25-17-35(18-26-39)53(7,8)9)31-32-44(48(47)50(46)60)58-72(67,68)40-27-19-36(20-28-40)54(10,11)12;2*1-7-5-4-6-8(2)9(7)3/h13-32,55-58H,1-12H3;2*4-6H,1-3H3. The molecule has 0 atom stereocenters. The number of benzene rings is 8. The summed E-state index contributed by atoms with van der Waals surface area (Å²) in [6.07, 6.45) is 0. The van der Waals surface area contributed by atoms with Crippen LogP contribution in [0.5, 0.6) is 0 Å². The second-order valence-corrected chi connectivity index (χ2v) is 33.8. The van der Waals surface area contributed by atoms with Crippen LogP contribution in [0.2, 0.25) is 0 Å². The molecule has 8 aromatic rings. The molecule has 0 radical (unpaired) electrons. The van der Waals surface area contributed by atoms with E-state index >= 15 is 9.59 Å². The molecule has 18 heteroatoms. The first-order valence-corrected chi connectivity index (χ1v) is 35.4. The van der Waals surface area contributed by atoms with Crippen molar-refractivity contribution in [3.8, 4) is 0 Å². The van der Waals surface area contributed by atoms with E-state index in [1.165, 1.54) is 81.9 Å². The van der Waals surface area contributed by atoms with Crippen molar-refractivity contribution in [3.05, 3.63) is 236 Å². The molecule has 0 heterocycles. The Bertz CT molecular complexity index is 3950. The SMILES string of the molecule is CC(C)(C)c1ccc(S(=O)(=O)Nc2ccc(NS(=O)(=O)c3ccc(C(C)(C)C)cc3)c3c2C(=O)c2c(NS(=O)(=O)c4ccc(C(C)(C)C)cc4)ccc(NS(=O)(=O)c4ccc(C(C)(C)C)cc4)c2C3=O)cc1.Cc1cccc(C)c1C.Cc1cccc(C)c1C. The molecular weight excluding hydrogens is 1210 g/mol. The molecule has 14 nitrogen and oxygen atoms in total. The summed E-state index contributed by atoms with van der Waals surface area (Å²) in [6, 6.07) is 41.3. The van der Waals surface area contributed by atoms with E-state index in [-0.39, 0.29) is 41.2 Å². The normalized spacial score (nSPS) is 13.0. The Morgan fingerprint density at radius 2 is 0.422 bits per heavy atom. The highest BCUT2D eigenvalue weighted by atomic mass is 32.2. The molecule has 0 spiro atoms. The van der Waals surface area contributed by atoms with Gasteiger partial charge < -0.3 is 0 Å². The summed E-state index contributed by atoms with van der Waals surface area (Å²) in [7, 11) is -18.2. The maximum Gasteiger partial charge on any atom is 0.261 e. The van der Waals surface area contributed by atoms with Crippen molar-refractivity contribution >= 4 is 74.4 Å². The number of hydrogen-bond donors (Lipinski definition) is 4. The second-order valence-electron chi connectivity index (χ2n) is 27.0. The molecule has 0 aromatic heterocycles. The predicted octanol–water partition coefficient (Wildman–Crippen LogP) is 16.1. The van der Waals surface area contributed by atoms with Crippen molar-refractivity contribution in [1.29, 1.82) is 0 Å². The monoisotopic (exact) mass is 1290 g/mol. The Labute approximate surface area is 534 Å². The molecule has 0 saturated heterocycles. The lowest BCUT2D eigenvalue weighted by molar-refractivity contribution is 0.0981. The van der Waals surface area contributed by atoms with Gasteiger partial charge in [-0.1, -0.05) is 168 Å². The van der Waals surface area contributed by atoms with Gasteiger partial charge >= 0.3 is 0 Å². The predicted molar refractivity (Wildman–Crippen MR) is 365 cm³/mol. The van der Waals surface area contributed by atoms with Crippen LogP contribution < -0.4 is 18.9 Å². The summed E-state index contributed by atoms with van der Waals surface area (Å²) < 4.78 is 123. The number of anilines is 4. The van der Waals surface area contributed by atoms with Gasteiger partial charge in [-0.3, -0.25) is 28.5 Å². The van der Waals surface area contributed by atoms with E-state index in [0.717, 1.165) is 46.5 Å². The lowest BCUT2D eigenvalue weighted by Gasteiger charge is -2.27. The number of ketones is 2. The average molecular weight is 1290 g/mol. The van der Waals surface area contributed by atoms with Crippen LogP contribution in [0.3, 0.4) is 0 Å². The van der Waals surface area contributed by atoms with Gasteiger partial charge in [-0.2, -0.15) is 0 Å². The molecule has 9 rings (SSSR count). The largest absolute Gasteiger partial charge is 0.288 e. The Morgan fingerprint density at radius 1 is 0.256 bits per heavy atom. The number of hydrogen-bond acceptors (Lipinski definition) is 10. The van der Waals surface area contributed by atoms with E-state index in [0.29, 0.717) is 0 Å². The van der Waals surface area contributed by atoms with Gasteiger partial charge in [0, 0.05) is 0 Å². The summed E-state index contributed by atoms with van der Waals surface area (Å²) in [5, 5.41) is 0. The molecule has 476 valence electrons.